The molecule has 23 heavy (non-hydrogen) atoms. The molecule has 0 bridgehead atoms. The van der Waals surface area contributed by atoms with Crippen molar-refractivity contribution in [2.24, 2.45) is 0 Å². The molecule has 0 aliphatic rings. The van der Waals surface area contributed by atoms with E-state index in [1.165, 1.54) is 6.92 Å². The smallest absolute Gasteiger partial charge is 0.273 e. The Kier molecular flexibility index (Phi) is 7.12. The standard InChI is InChI=1S/C14H19F5O3Si/c1-4-20-14(22-23,21-5-2)6-7(3)8-9(15)11(17)13(19)12(18)10(8)16/h7H,4-6H2,1-3,23H3. The largest absolute Gasteiger partial charge is 0.380 e. The Bertz CT molecular complexity index is 521. The predicted molar refractivity (Wildman–Crippen MR) is 76.3 cm³/mol. The molecule has 132 valence electrons. The molecule has 0 amide bonds. The molecular formula is C14H19F5O3Si. The summed E-state index contributed by atoms with van der Waals surface area (Å²) in [5, 5.41) is 0. The fourth-order valence-electron chi connectivity index (χ4n) is 2.33. The second-order valence-electron chi connectivity index (χ2n) is 4.84. The average Bonchev–Trinajstić information content (AvgIpc) is 2.51. The van der Waals surface area contributed by atoms with Crippen molar-refractivity contribution in [3.05, 3.63) is 34.6 Å². The van der Waals surface area contributed by atoms with Gasteiger partial charge in [0.15, 0.2) is 33.8 Å². The van der Waals surface area contributed by atoms with Crippen LogP contribution in [0.25, 0.3) is 0 Å². The van der Waals surface area contributed by atoms with Crippen LogP contribution in [-0.2, 0) is 13.9 Å². The van der Waals surface area contributed by atoms with E-state index in [0.717, 1.165) is 0 Å². The van der Waals surface area contributed by atoms with E-state index >= 15 is 0 Å². The van der Waals surface area contributed by atoms with Crippen molar-refractivity contribution in [1.29, 1.82) is 0 Å². The Morgan fingerprint density at radius 1 is 0.870 bits per heavy atom. The third-order valence-corrected chi connectivity index (χ3v) is 3.95. The Morgan fingerprint density at radius 3 is 1.61 bits per heavy atom. The lowest BCUT2D eigenvalue weighted by Crippen LogP contribution is -2.40. The first-order valence-electron chi connectivity index (χ1n) is 7.08. The van der Waals surface area contributed by atoms with Crippen molar-refractivity contribution in [2.75, 3.05) is 13.2 Å². The van der Waals surface area contributed by atoms with Crippen molar-refractivity contribution in [1.82, 2.24) is 0 Å². The summed E-state index contributed by atoms with van der Waals surface area (Å²) in [5.74, 6) is -12.5. The van der Waals surface area contributed by atoms with Gasteiger partial charge in [0.25, 0.3) is 5.97 Å². The minimum absolute atomic E-state index is 0.187. The van der Waals surface area contributed by atoms with Crippen molar-refractivity contribution >= 4 is 10.5 Å². The molecule has 0 saturated carbocycles. The van der Waals surface area contributed by atoms with Gasteiger partial charge in [-0.05, 0) is 19.8 Å². The second kappa shape index (κ2) is 8.18. The molecule has 1 atom stereocenters. The lowest BCUT2D eigenvalue weighted by molar-refractivity contribution is -0.345. The van der Waals surface area contributed by atoms with Crippen molar-refractivity contribution < 1.29 is 35.9 Å². The zero-order valence-electron chi connectivity index (χ0n) is 13.3. The SMILES string of the molecule is CCOC(CC(C)c1c(F)c(F)c(F)c(F)c1F)(O[SiH3])OCC. The van der Waals surface area contributed by atoms with Crippen molar-refractivity contribution in [3.8, 4) is 0 Å². The summed E-state index contributed by atoms with van der Waals surface area (Å²) in [4.78, 5) is 0. The first kappa shape index (κ1) is 20.0. The van der Waals surface area contributed by atoms with E-state index in [2.05, 4.69) is 0 Å². The summed E-state index contributed by atoms with van der Waals surface area (Å²) in [6.45, 7) is 5.01. The predicted octanol–water partition coefficient (Wildman–Crippen LogP) is 2.90. The van der Waals surface area contributed by atoms with E-state index < -0.39 is 46.5 Å². The van der Waals surface area contributed by atoms with E-state index in [0.29, 0.717) is 0 Å². The highest BCUT2D eigenvalue weighted by Gasteiger charge is 2.37. The van der Waals surface area contributed by atoms with Crippen LogP contribution >= 0.6 is 0 Å². The first-order valence-corrected chi connectivity index (χ1v) is 7.90. The highest BCUT2D eigenvalue weighted by Crippen LogP contribution is 2.35. The molecule has 3 nitrogen and oxygen atoms in total. The normalized spacial score (nSPS) is 13.6. The highest BCUT2D eigenvalue weighted by molar-refractivity contribution is 5.98. The van der Waals surface area contributed by atoms with Gasteiger partial charge in [-0.3, -0.25) is 0 Å². The molecule has 0 spiro atoms. The van der Waals surface area contributed by atoms with Gasteiger partial charge in [-0.15, -0.1) is 0 Å². The molecule has 0 aliphatic carbocycles. The van der Waals surface area contributed by atoms with Crippen LogP contribution in [0.3, 0.4) is 0 Å². The summed E-state index contributed by atoms with van der Waals surface area (Å²) in [6, 6.07) is 0. The summed E-state index contributed by atoms with van der Waals surface area (Å²) in [6.07, 6.45) is -0.226. The molecule has 0 heterocycles. The van der Waals surface area contributed by atoms with Crippen LogP contribution in [0.4, 0.5) is 22.0 Å². The molecule has 0 radical (unpaired) electrons. The fourth-order valence-corrected chi connectivity index (χ4v) is 2.73. The van der Waals surface area contributed by atoms with Crippen LogP contribution in [0.1, 0.15) is 38.7 Å². The molecular weight excluding hydrogens is 339 g/mol. The molecule has 0 N–H and O–H groups in total. The molecule has 1 aromatic carbocycles. The Hall–Kier alpha value is -1.03. The quantitative estimate of drug-likeness (QED) is 0.235. The van der Waals surface area contributed by atoms with Gasteiger partial charge in [0.05, 0.1) is 0 Å². The van der Waals surface area contributed by atoms with E-state index in [1.54, 1.807) is 13.8 Å². The van der Waals surface area contributed by atoms with Crippen LogP contribution in [-0.4, -0.2) is 29.7 Å². The van der Waals surface area contributed by atoms with Crippen LogP contribution in [0.15, 0.2) is 0 Å². The monoisotopic (exact) mass is 358 g/mol. The van der Waals surface area contributed by atoms with Crippen LogP contribution in [0, 0.1) is 29.1 Å². The van der Waals surface area contributed by atoms with Gasteiger partial charge in [-0.25, -0.2) is 22.0 Å². The van der Waals surface area contributed by atoms with Gasteiger partial charge in [0.2, 0.25) is 5.82 Å². The second-order valence-corrected chi connectivity index (χ2v) is 5.25. The molecule has 0 fully saturated rings. The third kappa shape index (κ3) is 4.09. The zero-order chi connectivity index (χ0) is 17.8. The fraction of sp³-hybridized carbons (Fsp3) is 0.571. The zero-order valence-corrected chi connectivity index (χ0v) is 15.3. The molecule has 0 aromatic heterocycles. The van der Waals surface area contributed by atoms with E-state index in [9.17, 15) is 22.0 Å². The molecule has 1 rings (SSSR count). The number of hydrogen-bond acceptors (Lipinski definition) is 3. The maximum Gasteiger partial charge on any atom is 0.273 e. The number of benzene rings is 1. The number of rotatable bonds is 8. The van der Waals surface area contributed by atoms with Gasteiger partial charge in [-0.1, -0.05) is 6.92 Å². The molecule has 0 saturated heterocycles. The highest BCUT2D eigenvalue weighted by atomic mass is 28.2. The van der Waals surface area contributed by atoms with Crippen LogP contribution in [0.5, 0.6) is 0 Å². The summed E-state index contributed by atoms with van der Waals surface area (Å²) in [5.41, 5.74) is -0.913. The summed E-state index contributed by atoms with van der Waals surface area (Å²) < 4.78 is 83.5. The number of ether oxygens (including phenoxy) is 2. The first-order chi connectivity index (χ1) is 10.7. The van der Waals surface area contributed by atoms with Gasteiger partial charge < -0.3 is 13.9 Å². The maximum atomic E-state index is 13.9. The Balaban J connectivity index is 3.26. The summed E-state index contributed by atoms with van der Waals surface area (Å²) >= 11 is 0. The van der Waals surface area contributed by atoms with E-state index in [1.807, 2.05) is 0 Å². The van der Waals surface area contributed by atoms with E-state index in [-0.39, 0.29) is 30.1 Å². The Labute approximate surface area is 134 Å². The molecule has 1 unspecified atom stereocenters. The van der Waals surface area contributed by atoms with Crippen molar-refractivity contribution in [3.63, 3.8) is 0 Å². The molecule has 1 aromatic rings. The number of hydrogen-bond donors (Lipinski definition) is 0. The van der Waals surface area contributed by atoms with E-state index in [4.69, 9.17) is 13.9 Å². The maximum absolute atomic E-state index is 13.9. The average molecular weight is 358 g/mol. The lowest BCUT2D eigenvalue weighted by Gasteiger charge is -2.34. The van der Waals surface area contributed by atoms with Crippen molar-refractivity contribution in [2.45, 2.75) is 39.1 Å². The van der Waals surface area contributed by atoms with Gasteiger partial charge in [-0.2, -0.15) is 0 Å². The van der Waals surface area contributed by atoms with Gasteiger partial charge >= 0.3 is 0 Å². The van der Waals surface area contributed by atoms with Crippen LogP contribution < -0.4 is 0 Å². The lowest BCUT2D eigenvalue weighted by atomic mass is 9.94. The third-order valence-electron chi connectivity index (χ3n) is 3.33. The minimum Gasteiger partial charge on any atom is -0.380 e. The topological polar surface area (TPSA) is 27.7 Å². The Morgan fingerprint density at radius 2 is 1.26 bits per heavy atom. The molecule has 0 aliphatic heterocycles. The molecule has 9 heteroatoms. The van der Waals surface area contributed by atoms with Gasteiger partial charge in [0, 0.05) is 25.2 Å². The number of halogens is 5. The van der Waals surface area contributed by atoms with Gasteiger partial charge in [0.1, 0.15) is 0 Å². The minimum atomic E-state index is -2.18. The van der Waals surface area contributed by atoms with Crippen LogP contribution in [0.2, 0.25) is 0 Å². The summed E-state index contributed by atoms with van der Waals surface area (Å²) in [7, 11) is 0.188.